The van der Waals surface area contributed by atoms with Crippen molar-refractivity contribution in [2.45, 2.75) is 38.3 Å². The average molecular weight is 430 g/mol. The van der Waals surface area contributed by atoms with Gasteiger partial charge in [0.1, 0.15) is 6.79 Å². The van der Waals surface area contributed by atoms with Gasteiger partial charge in [0.25, 0.3) is 5.91 Å². The van der Waals surface area contributed by atoms with Gasteiger partial charge in [-0.25, -0.2) is 9.59 Å². The van der Waals surface area contributed by atoms with Crippen LogP contribution in [0.5, 0.6) is 0 Å². The van der Waals surface area contributed by atoms with Gasteiger partial charge in [-0.05, 0) is 38.8 Å². The van der Waals surface area contributed by atoms with Gasteiger partial charge in [0.05, 0.1) is 19.3 Å². The molecule has 1 unspecified atom stereocenters. The van der Waals surface area contributed by atoms with E-state index in [1.165, 1.54) is 7.11 Å². The maximum absolute atomic E-state index is 12.8. The molecule has 0 aliphatic rings. The Balaban J connectivity index is 3.20. The lowest BCUT2D eigenvalue weighted by atomic mass is 9.91. The molecule has 1 atom stereocenters. The fourth-order valence-electron chi connectivity index (χ4n) is 2.56. The molecule has 1 aromatic carbocycles. The number of rotatable bonds is 13. The Morgan fingerprint density at radius 2 is 1.66 bits per heavy atom. The van der Waals surface area contributed by atoms with E-state index in [-0.39, 0.29) is 44.3 Å². The maximum Gasteiger partial charge on any atom is 0.343 e. The highest BCUT2D eigenvalue weighted by molar-refractivity contribution is 6.18. The summed E-state index contributed by atoms with van der Waals surface area (Å²) in [5.41, 5.74) is -1.74. The minimum absolute atomic E-state index is 0.000423. The number of alkyl halides is 1. The third-order valence-corrected chi connectivity index (χ3v) is 4.39. The van der Waals surface area contributed by atoms with E-state index in [0.717, 1.165) is 0 Å². The van der Waals surface area contributed by atoms with Gasteiger partial charge >= 0.3 is 11.9 Å². The zero-order valence-electron chi connectivity index (χ0n) is 16.9. The number of carbonyl (C=O) groups is 3. The van der Waals surface area contributed by atoms with Gasteiger partial charge in [-0.1, -0.05) is 18.2 Å². The van der Waals surface area contributed by atoms with E-state index < -0.39 is 29.5 Å². The molecular formula is C20H28ClNO7. The number of carbonyl (C=O) groups excluding carboxylic acids is 3. The molecular weight excluding hydrogens is 402 g/mol. The smallest absolute Gasteiger partial charge is 0.343 e. The fraction of sp³-hybridized carbons (Fsp3) is 0.550. The Morgan fingerprint density at radius 1 is 1.07 bits per heavy atom. The molecule has 0 heterocycles. The largest absolute Gasteiger partial charge is 0.464 e. The van der Waals surface area contributed by atoms with E-state index in [4.69, 9.17) is 30.5 Å². The second-order valence-corrected chi connectivity index (χ2v) is 6.36. The van der Waals surface area contributed by atoms with Crippen molar-refractivity contribution in [3.8, 4) is 0 Å². The number of hydrogen-bond donors (Lipinski definition) is 1. The first kappa shape index (κ1) is 24.9. The molecule has 0 aliphatic carbocycles. The summed E-state index contributed by atoms with van der Waals surface area (Å²) < 4.78 is 20.5. The van der Waals surface area contributed by atoms with Crippen LogP contribution in [-0.4, -0.2) is 62.5 Å². The predicted octanol–water partition coefficient (Wildman–Crippen LogP) is 2.29. The van der Waals surface area contributed by atoms with Crippen LogP contribution in [0.4, 0.5) is 0 Å². The Hall–Kier alpha value is -2.16. The standard InChI is InChI=1S/C20H28ClNO7/c1-4-27-18(24)20(19(25)28-5-2,12-11-16(13-21)29-14-26-3)22-17(23)15-9-7-6-8-10-15/h6-10,16H,4-5,11-14H2,1-3H3,(H,22,23). The quantitative estimate of drug-likeness (QED) is 0.222. The zero-order chi connectivity index (χ0) is 21.7. The molecule has 0 aromatic heterocycles. The number of hydrogen-bond acceptors (Lipinski definition) is 7. The van der Waals surface area contributed by atoms with Crippen LogP contribution in [0, 0.1) is 0 Å². The highest BCUT2D eigenvalue weighted by Gasteiger charge is 2.50. The van der Waals surface area contributed by atoms with E-state index in [1.807, 2.05) is 0 Å². The number of benzene rings is 1. The van der Waals surface area contributed by atoms with Gasteiger partial charge in [-0.2, -0.15) is 0 Å². The number of amides is 1. The summed E-state index contributed by atoms with van der Waals surface area (Å²) in [6, 6.07) is 8.24. The molecule has 1 N–H and O–H groups in total. The SMILES string of the molecule is CCOC(=O)C(CCC(CCl)OCOC)(NC(=O)c1ccccc1)C(=O)OCC. The van der Waals surface area contributed by atoms with Crippen LogP contribution in [0.15, 0.2) is 30.3 Å². The van der Waals surface area contributed by atoms with Gasteiger partial charge in [0, 0.05) is 18.6 Å². The second kappa shape index (κ2) is 13.1. The lowest BCUT2D eigenvalue weighted by Crippen LogP contribution is -2.61. The van der Waals surface area contributed by atoms with E-state index in [2.05, 4.69) is 5.32 Å². The molecule has 1 amide bonds. The number of ether oxygens (including phenoxy) is 4. The molecule has 162 valence electrons. The number of halogens is 1. The molecule has 1 rings (SSSR count). The summed E-state index contributed by atoms with van der Waals surface area (Å²) >= 11 is 5.91. The summed E-state index contributed by atoms with van der Waals surface area (Å²) in [4.78, 5) is 38.4. The van der Waals surface area contributed by atoms with Crippen LogP contribution < -0.4 is 5.32 Å². The van der Waals surface area contributed by atoms with Crippen molar-refractivity contribution in [3.63, 3.8) is 0 Å². The first-order chi connectivity index (χ1) is 13.9. The molecule has 8 nitrogen and oxygen atoms in total. The van der Waals surface area contributed by atoms with Crippen LogP contribution in [0.2, 0.25) is 0 Å². The van der Waals surface area contributed by atoms with Gasteiger partial charge in [0.15, 0.2) is 0 Å². The number of nitrogens with one attached hydrogen (secondary N) is 1. The minimum atomic E-state index is -2.03. The molecule has 0 spiro atoms. The first-order valence-corrected chi connectivity index (χ1v) is 9.87. The van der Waals surface area contributed by atoms with Crippen LogP contribution >= 0.6 is 11.6 Å². The van der Waals surface area contributed by atoms with Gasteiger partial charge in [-0.3, -0.25) is 4.79 Å². The van der Waals surface area contributed by atoms with E-state index in [1.54, 1.807) is 44.2 Å². The molecule has 29 heavy (non-hydrogen) atoms. The van der Waals surface area contributed by atoms with Crippen LogP contribution in [-0.2, 0) is 28.5 Å². The summed E-state index contributed by atoms with van der Waals surface area (Å²) in [6.45, 7) is 3.27. The average Bonchev–Trinajstić information content (AvgIpc) is 2.73. The molecule has 0 radical (unpaired) electrons. The van der Waals surface area contributed by atoms with Gasteiger partial charge in [0.2, 0.25) is 5.54 Å². The minimum Gasteiger partial charge on any atom is -0.464 e. The molecule has 1 aromatic rings. The van der Waals surface area contributed by atoms with Crippen LogP contribution in [0.1, 0.15) is 37.0 Å². The summed E-state index contributed by atoms with van der Waals surface area (Å²) in [7, 11) is 1.47. The monoisotopic (exact) mass is 429 g/mol. The zero-order valence-corrected chi connectivity index (χ0v) is 17.7. The highest BCUT2D eigenvalue weighted by atomic mass is 35.5. The van der Waals surface area contributed by atoms with E-state index >= 15 is 0 Å². The van der Waals surface area contributed by atoms with E-state index in [9.17, 15) is 14.4 Å². The normalized spacial score (nSPS) is 12.1. The Labute approximate surface area is 175 Å². The lowest BCUT2D eigenvalue weighted by molar-refractivity contribution is -0.166. The molecule has 0 saturated heterocycles. The van der Waals surface area contributed by atoms with Crippen molar-refractivity contribution in [2.75, 3.05) is 33.0 Å². The van der Waals surface area contributed by atoms with E-state index in [0.29, 0.717) is 0 Å². The third kappa shape index (κ3) is 7.30. The Bertz CT molecular complexity index is 635. The Morgan fingerprint density at radius 3 is 2.14 bits per heavy atom. The first-order valence-electron chi connectivity index (χ1n) is 9.33. The summed E-state index contributed by atoms with van der Waals surface area (Å²) in [5.74, 6) is -2.30. The molecule has 0 fully saturated rings. The molecule has 0 saturated carbocycles. The number of esters is 2. The maximum atomic E-state index is 12.8. The molecule has 0 bridgehead atoms. The third-order valence-electron chi connectivity index (χ3n) is 4.05. The van der Waals surface area contributed by atoms with Crippen molar-refractivity contribution in [1.82, 2.24) is 5.32 Å². The highest BCUT2D eigenvalue weighted by Crippen LogP contribution is 2.22. The topological polar surface area (TPSA) is 100 Å². The summed E-state index contributed by atoms with van der Waals surface area (Å²) in [6.07, 6.45) is -0.447. The van der Waals surface area contributed by atoms with Crippen molar-refractivity contribution in [1.29, 1.82) is 0 Å². The fourth-order valence-corrected chi connectivity index (χ4v) is 2.81. The van der Waals surface area contributed by atoms with Crippen molar-refractivity contribution < 1.29 is 33.3 Å². The van der Waals surface area contributed by atoms with Crippen molar-refractivity contribution in [2.24, 2.45) is 0 Å². The predicted molar refractivity (Wildman–Crippen MR) is 107 cm³/mol. The van der Waals surface area contributed by atoms with Gasteiger partial charge in [-0.15, -0.1) is 11.6 Å². The van der Waals surface area contributed by atoms with Gasteiger partial charge < -0.3 is 24.3 Å². The number of methoxy groups -OCH3 is 1. The summed E-state index contributed by atoms with van der Waals surface area (Å²) in [5, 5.41) is 2.53. The molecule has 0 aliphatic heterocycles. The second-order valence-electron chi connectivity index (χ2n) is 6.05. The molecule has 9 heteroatoms. The van der Waals surface area contributed by atoms with Crippen molar-refractivity contribution >= 4 is 29.4 Å². The Kier molecular flexibility index (Phi) is 11.3. The lowest BCUT2D eigenvalue weighted by Gasteiger charge is -2.31. The van der Waals surface area contributed by atoms with Crippen LogP contribution in [0.3, 0.4) is 0 Å². The van der Waals surface area contributed by atoms with Crippen molar-refractivity contribution in [3.05, 3.63) is 35.9 Å². The van der Waals surface area contributed by atoms with Crippen LogP contribution in [0.25, 0.3) is 0 Å².